The molecule has 17 heavy (non-hydrogen) atoms. The minimum absolute atomic E-state index is 0.221. The highest BCUT2D eigenvalue weighted by molar-refractivity contribution is 4.99. The molecule has 1 saturated carbocycles. The molecule has 3 heteroatoms. The number of morpholine rings is 1. The zero-order valence-electron chi connectivity index (χ0n) is 11.2. The third-order valence-corrected chi connectivity index (χ3v) is 4.33. The lowest BCUT2D eigenvalue weighted by Crippen LogP contribution is -2.55. The molecular formula is C14H24N2O. The van der Waals surface area contributed by atoms with Crippen LogP contribution in [0.15, 0.2) is 0 Å². The van der Waals surface area contributed by atoms with Crippen LogP contribution in [-0.4, -0.2) is 36.2 Å². The number of hydrogen-bond acceptors (Lipinski definition) is 3. The summed E-state index contributed by atoms with van der Waals surface area (Å²) in [6.45, 7) is 8.46. The molecular weight excluding hydrogens is 212 g/mol. The second kappa shape index (κ2) is 5.37. The van der Waals surface area contributed by atoms with Crippen LogP contribution in [0.5, 0.6) is 0 Å². The lowest BCUT2D eigenvalue weighted by molar-refractivity contribution is -0.0796. The second-order valence-electron chi connectivity index (χ2n) is 5.91. The zero-order valence-corrected chi connectivity index (χ0v) is 11.2. The Kier molecular flexibility index (Phi) is 4.06. The quantitative estimate of drug-likeness (QED) is 0.701. The number of nitriles is 1. The molecule has 0 radical (unpaired) electrons. The molecule has 2 fully saturated rings. The van der Waals surface area contributed by atoms with Gasteiger partial charge in [0.05, 0.1) is 24.7 Å². The molecule has 0 spiro atoms. The van der Waals surface area contributed by atoms with Gasteiger partial charge in [0.25, 0.3) is 0 Å². The van der Waals surface area contributed by atoms with E-state index in [9.17, 15) is 5.26 Å². The maximum Gasteiger partial charge on any atom is 0.0674 e. The Morgan fingerprint density at radius 2 is 2.00 bits per heavy atom. The van der Waals surface area contributed by atoms with Crippen molar-refractivity contribution in [3.8, 4) is 6.07 Å². The summed E-state index contributed by atoms with van der Waals surface area (Å²) in [5.41, 5.74) is 0. The Bertz CT molecular complexity index is 299. The van der Waals surface area contributed by atoms with Crippen LogP contribution < -0.4 is 0 Å². The van der Waals surface area contributed by atoms with Crippen molar-refractivity contribution in [2.75, 3.05) is 13.2 Å². The molecule has 5 unspecified atom stereocenters. The van der Waals surface area contributed by atoms with Crippen LogP contribution in [-0.2, 0) is 4.74 Å². The summed E-state index contributed by atoms with van der Waals surface area (Å²) in [5.74, 6) is 0.980. The van der Waals surface area contributed by atoms with Crippen molar-refractivity contribution in [1.82, 2.24) is 4.90 Å². The molecule has 0 aromatic carbocycles. The van der Waals surface area contributed by atoms with E-state index in [4.69, 9.17) is 4.74 Å². The van der Waals surface area contributed by atoms with Crippen molar-refractivity contribution in [3.63, 3.8) is 0 Å². The van der Waals surface area contributed by atoms with Crippen molar-refractivity contribution < 1.29 is 4.74 Å². The Hall–Kier alpha value is -0.590. The van der Waals surface area contributed by atoms with E-state index < -0.39 is 0 Å². The minimum atomic E-state index is 0.221. The van der Waals surface area contributed by atoms with Gasteiger partial charge in [-0.25, -0.2) is 0 Å². The highest BCUT2D eigenvalue weighted by Crippen LogP contribution is 2.33. The third kappa shape index (κ3) is 2.81. The zero-order chi connectivity index (χ0) is 12.4. The van der Waals surface area contributed by atoms with Crippen LogP contribution in [0.4, 0.5) is 0 Å². The molecule has 0 bridgehead atoms. The predicted molar refractivity (Wildman–Crippen MR) is 67.5 cm³/mol. The van der Waals surface area contributed by atoms with Crippen LogP contribution in [0.1, 0.15) is 40.0 Å². The van der Waals surface area contributed by atoms with Gasteiger partial charge in [-0.15, -0.1) is 0 Å². The molecule has 1 aliphatic carbocycles. The van der Waals surface area contributed by atoms with E-state index in [1.54, 1.807) is 0 Å². The van der Waals surface area contributed by atoms with Crippen LogP contribution >= 0.6 is 0 Å². The maximum absolute atomic E-state index is 9.32. The first-order valence-corrected chi connectivity index (χ1v) is 6.88. The first-order valence-electron chi connectivity index (χ1n) is 6.88. The maximum atomic E-state index is 9.32. The number of hydrogen-bond donors (Lipinski definition) is 0. The summed E-state index contributed by atoms with van der Waals surface area (Å²) >= 11 is 0. The Labute approximate surface area is 105 Å². The number of rotatable bonds is 1. The molecule has 1 aliphatic heterocycles. The van der Waals surface area contributed by atoms with Crippen LogP contribution in [0.2, 0.25) is 0 Å². The van der Waals surface area contributed by atoms with E-state index in [-0.39, 0.29) is 5.92 Å². The molecule has 96 valence electrons. The van der Waals surface area contributed by atoms with Gasteiger partial charge < -0.3 is 4.74 Å². The minimum Gasteiger partial charge on any atom is -0.376 e. The molecule has 0 N–H and O–H groups in total. The summed E-state index contributed by atoms with van der Waals surface area (Å²) in [6.07, 6.45) is 3.77. The standard InChI is InChI=1S/C14H24N2O/c1-10-4-5-13(7-15)14(6-10)16-8-12(3)17-9-11(16)2/h10-14H,4-6,8-9H2,1-3H3. The first-order chi connectivity index (χ1) is 8.11. The van der Waals surface area contributed by atoms with Gasteiger partial charge in [-0.1, -0.05) is 6.92 Å². The summed E-state index contributed by atoms with van der Waals surface area (Å²) in [5, 5.41) is 9.32. The fourth-order valence-electron chi connectivity index (χ4n) is 3.26. The van der Waals surface area contributed by atoms with E-state index in [0.29, 0.717) is 18.2 Å². The van der Waals surface area contributed by atoms with Gasteiger partial charge in [0.1, 0.15) is 0 Å². The Balaban J connectivity index is 2.09. The first kappa shape index (κ1) is 12.9. The highest BCUT2D eigenvalue weighted by Gasteiger charge is 2.37. The van der Waals surface area contributed by atoms with Gasteiger partial charge in [0, 0.05) is 18.6 Å². The lowest BCUT2D eigenvalue weighted by atomic mass is 9.78. The van der Waals surface area contributed by atoms with E-state index in [2.05, 4.69) is 31.7 Å². The monoisotopic (exact) mass is 236 g/mol. The average Bonchev–Trinajstić information content (AvgIpc) is 2.32. The molecule has 1 saturated heterocycles. The molecule has 0 amide bonds. The molecule has 3 nitrogen and oxygen atoms in total. The van der Waals surface area contributed by atoms with Gasteiger partial charge in [-0.2, -0.15) is 5.26 Å². The van der Waals surface area contributed by atoms with Crippen molar-refractivity contribution in [2.24, 2.45) is 11.8 Å². The van der Waals surface area contributed by atoms with Crippen molar-refractivity contribution in [3.05, 3.63) is 0 Å². The van der Waals surface area contributed by atoms with E-state index in [1.807, 2.05) is 0 Å². The van der Waals surface area contributed by atoms with Crippen molar-refractivity contribution >= 4 is 0 Å². The van der Waals surface area contributed by atoms with Gasteiger partial charge in [0.2, 0.25) is 0 Å². The smallest absolute Gasteiger partial charge is 0.0674 e. The summed E-state index contributed by atoms with van der Waals surface area (Å²) in [6, 6.07) is 3.43. The Morgan fingerprint density at radius 1 is 1.24 bits per heavy atom. The number of ether oxygens (including phenoxy) is 1. The van der Waals surface area contributed by atoms with Crippen molar-refractivity contribution in [1.29, 1.82) is 5.26 Å². The fraction of sp³-hybridized carbons (Fsp3) is 0.929. The van der Waals surface area contributed by atoms with Gasteiger partial charge in [-0.05, 0) is 39.0 Å². The molecule has 1 heterocycles. The highest BCUT2D eigenvalue weighted by atomic mass is 16.5. The van der Waals surface area contributed by atoms with Crippen LogP contribution in [0.25, 0.3) is 0 Å². The lowest BCUT2D eigenvalue weighted by Gasteiger charge is -2.46. The summed E-state index contributed by atoms with van der Waals surface area (Å²) in [4.78, 5) is 2.53. The third-order valence-electron chi connectivity index (χ3n) is 4.33. The van der Waals surface area contributed by atoms with Crippen molar-refractivity contribution in [2.45, 2.75) is 58.2 Å². The molecule has 5 atom stereocenters. The summed E-state index contributed by atoms with van der Waals surface area (Å²) in [7, 11) is 0. The normalized spacial score (nSPS) is 44.2. The van der Waals surface area contributed by atoms with E-state index in [1.165, 1.54) is 12.8 Å². The Morgan fingerprint density at radius 3 is 2.71 bits per heavy atom. The largest absolute Gasteiger partial charge is 0.376 e. The van der Waals surface area contributed by atoms with Gasteiger partial charge in [0.15, 0.2) is 0 Å². The van der Waals surface area contributed by atoms with Crippen LogP contribution in [0.3, 0.4) is 0 Å². The predicted octanol–water partition coefficient (Wildman–Crippen LogP) is 2.42. The number of nitrogens with zero attached hydrogens (tertiary/aromatic N) is 2. The second-order valence-corrected chi connectivity index (χ2v) is 5.91. The van der Waals surface area contributed by atoms with Gasteiger partial charge in [-0.3, -0.25) is 4.90 Å². The van der Waals surface area contributed by atoms with Crippen LogP contribution in [0, 0.1) is 23.2 Å². The molecule has 2 aliphatic rings. The molecule has 0 aromatic heterocycles. The van der Waals surface area contributed by atoms with E-state index in [0.717, 1.165) is 25.5 Å². The SMILES string of the molecule is CC1CCC(C#N)C(N2CC(C)OCC2C)C1. The fourth-order valence-corrected chi connectivity index (χ4v) is 3.26. The van der Waals surface area contributed by atoms with Gasteiger partial charge >= 0.3 is 0 Å². The summed E-state index contributed by atoms with van der Waals surface area (Å²) < 4.78 is 5.68. The molecule has 0 aromatic rings. The molecule has 2 rings (SSSR count). The topological polar surface area (TPSA) is 36.3 Å². The van der Waals surface area contributed by atoms with E-state index >= 15 is 0 Å². The average molecular weight is 236 g/mol.